The predicted octanol–water partition coefficient (Wildman–Crippen LogP) is 7.15. The van der Waals surface area contributed by atoms with E-state index < -0.39 is 36.4 Å². The predicted molar refractivity (Wildman–Crippen MR) is 210 cm³/mol. The molecule has 2 fully saturated rings. The van der Waals surface area contributed by atoms with Gasteiger partial charge < -0.3 is 37.9 Å². The molecular weight excluding hydrogens is 720 g/mol. The molecule has 0 aliphatic carbocycles. The third-order valence-corrected chi connectivity index (χ3v) is 8.86. The quantitative estimate of drug-likeness (QED) is 0.0463. The highest BCUT2D eigenvalue weighted by atomic mass is 16.7. The van der Waals surface area contributed by atoms with Gasteiger partial charge in [-0.3, -0.25) is 0 Å². The lowest BCUT2D eigenvalue weighted by Gasteiger charge is -2.16. The molecule has 12 nitrogen and oxygen atoms in total. The number of rotatable bonds is 24. The maximum Gasteiger partial charge on any atom is 0.333 e. The third kappa shape index (κ3) is 15.5. The van der Waals surface area contributed by atoms with E-state index in [0.29, 0.717) is 37.6 Å². The molecule has 0 bridgehead atoms. The Hall–Kier alpha value is -5.20. The second kappa shape index (κ2) is 23.7. The average molecular weight is 775 g/mol. The second-order valence-corrected chi connectivity index (χ2v) is 13.7. The molecule has 2 aromatic carbocycles. The minimum absolute atomic E-state index is 0.134. The summed E-state index contributed by atoms with van der Waals surface area (Å²) in [5.41, 5.74) is 2.42. The molecule has 2 aromatic rings. The molecule has 2 saturated heterocycles. The molecule has 0 amide bonds. The third-order valence-electron chi connectivity index (χ3n) is 8.86. The maximum atomic E-state index is 12.6. The first-order valence-electron chi connectivity index (χ1n) is 19.2. The summed E-state index contributed by atoms with van der Waals surface area (Å²) in [6.45, 7) is 12.6. The van der Waals surface area contributed by atoms with Crippen LogP contribution in [0.15, 0.2) is 85.0 Å². The summed E-state index contributed by atoms with van der Waals surface area (Å²) < 4.78 is 44.7. The van der Waals surface area contributed by atoms with E-state index in [4.69, 9.17) is 37.9 Å². The molecule has 0 unspecified atom stereocenters. The van der Waals surface area contributed by atoms with Gasteiger partial charge in [-0.25, -0.2) is 19.2 Å². The fourth-order valence-electron chi connectivity index (χ4n) is 5.76. The Morgan fingerprint density at radius 2 is 0.929 bits per heavy atom. The summed E-state index contributed by atoms with van der Waals surface area (Å²) in [6.07, 6.45) is 10.9. The van der Waals surface area contributed by atoms with Gasteiger partial charge >= 0.3 is 23.9 Å². The van der Waals surface area contributed by atoms with Crippen LogP contribution >= 0.6 is 0 Å². The van der Waals surface area contributed by atoms with E-state index in [1.165, 1.54) is 12.2 Å². The number of carbonyl (C=O) groups excluding carboxylic acids is 4. The Bertz CT molecular complexity index is 1540. The van der Waals surface area contributed by atoms with E-state index in [1.54, 1.807) is 26.0 Å². The van der Waals surface area contributed by atoms with Crippen molar-refractivity contribution < 1.29 is 57.1 Å². The highest BCUT2D eigenvalue weighted by Crippen LogP contribution is 2.31. The lowest BCUT2D eigenvalue weighted by Crippen LogP contribution is -2.35. The Morgan fingerprint density at radius 1 is 0.571 bits per heavy atom. The lowest BCUT2D eigenvalue weighted by atomic mass is 10.1. The number of unbranched alkanes of at least 4 members (excludes halogenated alkanes) is 6. The van der Waals surface area contributed by atoms with Gasteiger partial charge in [0.2, 0.25) is 0 Å². The van der Waals surface area contributed by atoms with E-state index >= 15 is 0 Å². The molecule has 2 aliphatic rings. The summed E-state index contributed by atoms with van der Waals surface area (Å²) in [5.74, 6) is -0.309. The summed E-state index contributed by atoms with van der Waals surface area (Å²) in [6, 6.07) is 14.8. The first-order valence-corrected chi connectivity index (χ1v) is 19.2. The fourth-order valence-corrected chi connectivity index (χ4v) is 5.76. The van der Waals surface area contributed by atoms with Gasteiger partial charge in [0.05, 0.1) is 39.6 Å². The molecule has 0 saturated carbocycles. The van der Waals surface area contributed by atoms with E-state index in [2.05, 4.69) is 13.2 Å². The van der Waals surface area contributed by atoms with Crippen LogP contribution < -0.4 is 9.47 Å². The standard InChI is InChI=1S/C44H54O12/c1-31(2)43(47)51-27-11-7-5-9-25-49-35-19-13-33(14-20-35)17-23-39(45)55-37-29-53-42-38(30-54-41(37)42)56-40(46)24-18-34-15-21-36(22-16-34)50-26-10-6-8-12-28-52-44(48)32(3)4/h13-24,37-38,41-42H,1,3,5-12,25-30H2,2,4H3/b23-17+,24-18+/t37-,38-,41+,42+/m1/s1. The van der Waals surface area contributed by atoms with Crippen LogP contribution in [0.3, 0.4) is 0 Å². The zero-order valence-corrected chi connectivity index (χ0v) is 32.5. The van der Waals surface area contributed by atoms with Crippen molar-refractivity contribution in [2.45, 2.75) is 89.6 Å². The Morgan fingerprint density at radius 3 is 1.29 bits per heavy atom. The van der Waals surface area contributed by atoms with Crippen LogP contribution in [0.2, 0.25) is 0 Å². The first-order chi connectivity index (χ1) is 27.1. The zero-order valence-electron chi connectivity index (χ0n) is 32.5. The van der Waals surface area contributed by atoms with E-state index in [0.717, 1.165) is 74.0 Å². The van der Waals surface area contributed by atoms with Gasteiger partial charge in [0.15, 0.2) is 12.2 Å². The van der Waals surface area contributed by atoms with Crippen molar-refractivity contribution in [2.24, 2.45) is 0 Å². The molecule has 4 rings (SSSR count). The van der Waals surface area contributed by atoms with Crippen LogP contribution in [0.1, 0.15) is 76.3 Å². The number of ether oxygens (including phenoxy) is 8. The highest BCUT2D eigenvalue weighted by Gasteiger charge is 2.51. The molecule has 0 radical (unpaired) electrons. The number of hydrogen-bond acceptors (Lipinski definition) is 12. The van der Waals surface area contributed by atoms with E-state index in [-0.39, 0.29) is 25.2 Å². The Labute approximate surface area is 329 Å². The average Bonchev–Trinajstić information content (AvgIpc) is 3.78. The van der Waals surface area contributed by atoms with E-state index in [1.807, 2.05) is 48.5 Å². The molecule has 12 heteroatoms. The summed E-state index contributed by atoms with van der Waals surface area (Å²) in [5, 5.41) is 0. The molecule has 56 heavy (non-hydrogen) atoms. The van der Waals surface area contributed by atoms with Crippen molar-refractivity contribution in [2.75, 3.05) is 39.6 Å². The van der Waals surface area contributed by atoms with Gasteiger partial charge in [-0.15, -0.1) is 0 Å². The fraction of sp³-hybridized carbons (Fsp3) is 0.455. The number of hydrogen-bond donors (Lipinski definition) is 0. The largest absolute Gasteiger partial charge is 0.494 e. The molecule has 2 aliphatic heterocycles. The smallest absolute Gasteiger partial charge is 0.333 e. The lowest BCUT2D eigenvalue weighted by molar-refractivity contribution is -0.149. The van der Waals surface area contributed by atoms with Gasteiger partial charge in [0, 0.05) is 23.3 Å². The van der Waals surface area contributed by atoms with Crippen LogP contribution in [0.25, 0.3) is 12.2 Å². The van der Waals surface area contributed by atoms with Crippen LogP contribution in [0.5, 0.6) is 11.5 Å². The molecular formula is C44H54O12. The zero-order chi connectivity index (χ0) is 40.1. The summed E-state index contributed by atoms with van der Waals surface area (Å²) in [4.78, 5) is 48.0. The van der Waals surface area contributed by atoms with Crippen molar-refractivity contribution in [1.29, 1.82) is 0 Å². The molecule has 0 aromatic heterocycles. The number of carbonyl (C=O) groups is 4. The maximum absolute atomic E-state index is 12.6. The molecule has 0 N–H and O–H groups in total. The highest BCUT2D eigenvalue weighted by molar-refractivity contribution is 5.88. The molecule has 0 spiro atoms. The van der Waals surface area contributed by atoms with Crippen molar-refractivity contribution >= 4 is 36.0 Å². The van der Waals surface area contributed by atoms with Crippen molar-refractivity contribution in [3.8, 4) is 11.5 Å². The van der Waals surface area contributed by atoms with Crippen LogP contribution in [0.4, 0.5) is 0 Å². The second-order valence-electron chi connectivity index (χ2n) is 13.7. The minimum atomic E-state index is -0.627. The van der Waals surface area contributed by atoms with E-state index in [9.17, 15) is 19.2 Å². The van der Waals surface area contributed by atoms with Gasteiger partial charge in [-0.1, -0.05) is 37.4 Å². The van der Waals surface area contributed by atoms with Gasteiger partial charge in [0.1, 0.15) is 23.7 Å². The van der Waals surface area contributed by atoms with Crippen molar-refractivity contribution in [3.63, 3.8) is 0 Å². The number of esters is 4. The number of fused-ring (bicyclic) bond motifs is 1. The van der Waals surface area contributed by atoms with Gasteiger partial charge in [0.25, 0.3) is 0 Å². The summed E-state index contributed by atoms with van der Waals surface area (Å²) in [7, 11) is 0. The normalized spacial score (nSPS) is 18.7. The van der Waals surface area contributed by atoms with Crippen LogP contribution in [-0.4, -0.2) is 87.9 Å². The van der Waals surface area contributed by atoms with Gasteiger partial charge in [-0.2, -0.15) is 0 Å². The van der Waals surface area contributed by atoms with Crippen LogP contribution in [-0.2, 0) is 47.6 Å². The Kier molecular flexibility index (Phi) is 18.4. The summed E-state index contributed by atoms with van der Waals surface area (Å²) >= 11 is 0. The monoisotopic (exact) mass is 774 g/mol. The van der Waals surface area contributed by atoms with Gasteiger partial charge in [-0.05, 0) is 113 Å². The molecule has 2 heterocycles. The SMILES string of the molecule is C=C(C)C(=O)OCCCCCCOc1ccc(/C=C/C(=O)O[C@@H]2CO[C@@H]3[C@H]2OC[C@H]3OC(=O)/C=C/c2ccc(OCCCCCCOC(=O)C(=C)C)cc2)cc1. The van der Waals surface area contributed by atoms with Crippen LogP contribution in [0, 0.1) is 0 Å². The topological polar surface area (TPSA) is 142 Å². The van der Waals surface area contributed by atoms with Crippen molar-refractivity contribution in [3.05, 3.63) is 96.1 Å². The first kappa shape index (κ1) is 43.5. The molecule has 302 valence electrons. The molecule has 4 atom stereocenters. The number of benzene rings is 2. The Balaban J connectivity index is 1.07. The minimum Gasteiger partial charge on any atom is -0.494 e. The van der Waals surface area contributed by atoms with Crippen molar-refractivity contribution in [1.82, 2.24) is 0 Å².